The summed E-state index contributed by atoms with van der Waals surface area (Å²) in [5.74, 6) is -0.975. The first-order valence-electron chi connectivity index (χ1n) is 10.2. The van der Waals surface area contributed by atoms with Gasteiger partial charge in [-0.1, -0.05) is 12.1 Å². The van der Waals surface area contributed by atoms with Crippen LogP contribution in [0.15, 0.2) is 24.3 Å². The molecule has 9 heteroatoms. The number of benzene rings is 1. The first-order chi connectivity index (χ1) is 14.6. The van der Waals surface area contributed by atoms with E-state index in [1.54, 1.807) is 47.8 Å². The van der Waals surface area contributed by atoms with E-state index in [1.165, 1.54) is 0 Å². The van der Waals surface area contributed by atoms with Crippen molar-refractivity contribution in [2.75, 3.05) is 18.5 Å². The number of aryl methyl sites for hydroxylation is 1. The van der Waals surface area contributed by atoms with Crippen molar-refractivity contribution in [1.82, 2.24) is 14.7 Å². The van der Waals surface area contributed by atoms with E-state index in [1.807, 2.05) is 20.8 Å². The van der Waals surface area contributed by atoms with Crippen LogP contribution in [0.4, 0.5) is 10.5 Å². The van der Waals surface area contributed by atoms with Crippen LogP contribution in [0.3, 0.4) is 0 Å². The minimum Gasteiger partial charge on any atom is -0.462 e. The molecular weight excluding hydrogens is 400 g/mol. The SMILES string of the molecule is CCOC(=O)c1ccccc1NC(=O)c1nn(C)c2c1CN(C(=O)OC(C)(C)C)CC2. The summed E-state index contributed by atoms with van der Waals surface area (Å²) in [6, 6.07) is 6.64. The number of carbonyl (C=O) groups is 3. The van der Waals surface area contributed by atoms with E-state index in [0.29, 0.717) is 24.2 Å². The van der Waals surface area contributed by atoms with Gasteiger partial charge in [-0.25, -0.2) is 9.59 Å². The molecule has 31 heavy (non-hydrogen) atoms. The number of hydrogen-bond donors (Lipinski definition) is 1. The number of nitrogens with zero attached hydrogens (tertiary/aromatic N) is 3. The Hall–Kier alpha value is -3.36. The highest BCUT2D eigenvalue weighted by atomic mass is 16.6. The molecular formula is C22H28N4O5. The first-order valence-corrected chi connectivity index (χ1v) is 10.2. The third kappa shape index (κ3) is 5.04. The van der Waals surface area contributed by atoms with Gasteiger partial charge < -0.3 is 19.7 Å². The van der Waals surface area contributed by atoms with E-state index in [0.717, 1.165) is 5.69 Å². The van der Waals surface area contributed by atoms with Crippen molar-refractivity contribution in [3.05, 3.63) is 46.8 Å². The molecule has 3 rings (SSSR count). The highest BCUT2D eigenvalue weighted by Crippen LogP contribution is 2.25. The summed E-state index contributed by atoms with van der Waals surface area (Å²) < 4.78 is 12.2. The average molecular weight is 428 g/mol. The van der Waals surface area contributed by atoms with E-state index in [-0.39, 0.29) is 24.4 Å². The van der Waals surface area contributed by atoms with Crippen LogP contribution >= 0.6 is 0 Å². The van der Waals surface area contributed by atoms with Crippen LogP contribution in [0.1, 0.15) is 59.8 Å². The van der Waals surface area contributed by atoms with Gasteiger partial charge in [0.05, 0.1) is 24.4 Å². The maximum atomic E-state index is 13.1. The van der Waals surface area contributed by atoms with Crippen molar-refractivity contribution in [3.63, 3.8) is 0 Å². The van der Waals surface area contributed by atoms with Crippen molar-refractivity contribution in [2.24, 2.45) is 7.05 Å². The second-order valence-corrected chi connectivity index (χ2v) is 8.27. The van der Waals surface area contributed by atoms with Crippen molar-refractivity contribution in [2.45, 2.75) is 46.3 Å². The molecule has 1 aliphatic heterocycles. The lowest BCUT2D eigenvalue weighted by Crippen LogP contribution is -2.40. The zero-order valence-corrected chi connectivity index (χ0v) is 18.5. The molecule has 0 spiro atoms. The average Bonchev–Trinajstić information content (AvgIpc) is 3.03. The maximum Gasteiger partial charge on any atom is 0.410 e. The van der Waals surface area contributed by atoms with Gasteiger partial charge in [-0.15, -0.1) is 0 Å². The molecule has 0 saturated carbocycles. The van der Waals surface area contributed by atoms with Gasteiger partial charge in [0.15, 0.2) is 5.69 Å². The molecule has 1 aromatic heterocycles. The molecule has 0 fully saturated rings. The fourth-order valence-corrected chi connectivity index (χ4v) is 3.42. The van der Waals surface area contributed by atoms with Crippen LogP contribution in [0.2, 0.25) is 0 Å². The van der Waals surface area contributed by atoms with Gasteiger partial charge in [0.2, 0.25) is 0 Å². The highest BCUT2D eigenvalue weighted by Gasteiger charge is 2.31. The van der Waals surface area contributed by atoms with E-state index < -0.39 is 23.6 Å². The number of carbonyl (C=O) groups excluding carboxylic acids is 3. The number of fused-ring (bicyclic) bond motifs is 1. The number of esters is 1. The second-order valence-electron chi connectivity index (χ2n) is 8.27. The molecule has 1 aliphatic rings. The van der Waals surface area contributed by atoms with E-state index >= 15 is 0 Å². The van der Waals surface area contributed by atoms with Crippen molar-refractivity contribution in [3.8, 4) is 0 Å². The fraction of sp³-hybridized carbons (Fsp3) is 0.455. The summed E-state index contributed by atoms with van der Waals surface area (Å²) in [6.07, 6.45) is 0.131. The maximum absolute atomic E-state index is 13.1. The van der Waals surface area contributed by atoms with Gasteiger partial charge in [0.1, 0.15) is 5.60 Å². The van der Waals surface area contributed by atoms with E-state index in [2.05, 4.69) is 10.4 Å². The minimum absolute atomic E-state index is 0.212. The summed E-state index contributed by atoms with van der Waals surface area (Å²) in [4.78, 5) is 39.3. The molecule has 0 saturated heterocycles. The fourth-order valence-electron chi connectivity index (χ4n) is 3.42. The number of nitrogens with one attached hydrogen (secondary N) is 1. The first kappa shape index (κ1) is 22.3. The lowest BCUT2D eigenvalue weighted by atomic mass is 10.0. The number of para-hydroxylation sites is 1. The standard InChI is InChI=1S/C22H28N4O5/c1-6-30-20(28)14-9-7-8-10-16(14)23-19(27)18-15-13-26(21(29)31-22(2,3)4)12-11-17(15)25(5)24-18/h7-10H,6,11-13H2,1-5H3,(H,23,27). The van der Waals surface area contributed by atoms with Crippen LogP contribution in [0, 0.1) is 0 Å². The smallest absolute Gasteiger partial charge is 0.410 e. The number of ether oxygens (including phenoxy) is 2. The molecule has 1 aromatic carbocycles. The third-order valence-corrected chi connectivity index (χ3v) is 4.78. The van der Waals surface area contributed by atoms with Gasteiger partial charge in [-0.05, 0) is 39.8 Å². The van der Waals surface area contributed by atoms with Crippen LogP contribution in [-0.4, -0.2) is 51.4 Å². The Morgan fingerprint density at radius 1 is 1.19 bits per heavy atom. The molecule has 0 atom stereocenters. The Balaban J connectivity index is 1.84. The normalized spacial score (nSPS) is 13.4. The Kier molecular flexibility index (Phi) is 6.33. The summed E-state index contributed by atoms with van der Waals surface area (Å²) >= 11 is 0. The monoisotopic (exact) mass is 428 g/mol. The molecule has 1 N–H and O–H groups in total. The molecule has 2 amide bonds. The van der Waals surface area contributed by atoms with Crippen molar-refractivity contribution >= 4 is 23.7 Å². The molecule has 2 heterocycles. The van der Waals surface area contributed by atoms with E-state index in [9.17, 15) is 14.4 Å². The number of amides is 2. The van der Waals surface area contributed by atoms with Gasteiger partial charge in [0, 0.05) is 31.3 Å². The van der Waals surface area contributed by atoms with E-state index in [4.69, 9.17) is 9.47 Å². The van der Waals surface area contributed by atoms with Gasteiger partial charge in [-0.3, -0.25) is 9.48 Å². The van der Waals surface area contributed by atoms with Crippen LogP contribution < -0.4 is 5.32 Å². The van der Waals surface area contributed by atoms with Gasteiger partial charge in [0.25, 0.3) is 5.91 Å². The summed E-state index contributed by atoms with van der Waals surface area (Å²) in [6.45, 7) is 8.08. The van der Waals surface area contributed by atoms with Crippen molar-refractivity contribution < 1.29 is 23.9 Å². The molecule has 0 aliphatic carbocycles. The summed E-state index contributed by atoms with van der Waals surface area (Å²) in [5, 5.41) is 7.14. The topological polar surface area (TPSA) is 103 Å². The zero-order valence-electron chi connectivity index (χ0n) is 18.5. The van der Waals surface area contributed by atoms with Crippen LogP contribution in [0.25, 0.3) is 0 Å². The Morgan fingerprint density at radius 2 is 1.90 bits per heavy atom. The third-order valence-electron chi connectivity index (χ3n) is 4.78. The largest absolute Gasteiger partial charge is 0.462 e. The van der Waals surface area contributed by atoms with Crippen molar-refractivity contribution in [1.29, 1.82) is 0 Å². The van der Waals surface area contributed by atoms with Gasteiger partial charge >= 0.3 is 12.1 Å². The number of hydrogen-bond acceptors (Lipinski definition) is 6. The molecule has 166 valence electrons. The predicted molar refractivity (Wildman–Crippen MR) is 114 cm³/mol. The van der Waals surface area contributed by atoms with Gasteiger partial charge in [-0.2, -0.15) is 5.10 Å². The number of anilines is 1. The second kappa shape index (κ2) is 8.79. The lowest BCUT2D eigenvalue weighted by Gasteiger charge is -2.30. The Labute approximate surface area is 181 Å². The lowest BCUT2D eigenvalue weighted by molar-refractivity contribution is 0.0221. The quantitative estimate of drug-likeness (QED) is 0.751. The summed E-state index contributed by atoms with van der Waals surface area (Å²) in [5.41, 5.74) is 1.77. The Bertz CT molecular complexity index is 1010. The minimum atomic E-state index is -0.608. The van der Waals surface area contributed by atoms with Crippen LogP contribution in [0.5, 0.6) is 0 Å². The molecule has 0 bridgehead atoms. The predicted octanol–water partition coefficient (Wildman–Crippen LogP) is 3.14. The summed E-state index contributed by atoms with van der Waals surface area (Å²) in [7, 11) is 1.77. The molecule has 2 aromatic rings. The zero-order chi connectivity index (χ0) is 22.8. The van der Waals surface area contributed by atoms with Crippen LogP contribution in [-0.2, 0) is 29.5 Å². The number of rotatable bonds is 4. The highest BCUT2D eigenvalue weighted by molar-refractivity contribution is 6.07. The molecule has 0 unspecified atom stereocenters. The number of aromatic nitrogens is 2. The Morgan fingerprint density at radius 3 is 2.58 bits per heavy atom. The molecule has 0 radical (unpaired) electrons. The molecule has 9 nitrogen and oxygen atoms in total.